The van der Waals surface area contributed by atoms with Gasteiger partial charge in [-0.15, -0.1) is 11.8 Å². The Balaban J connectivity index is 2.91. The number of hydrogen-bond acceptors (Lipinski definition) is 2. The first kappa shape index (κ1) is 10.3. The third-order valence-electron chi connectivity index (χ3n) is 2.48. The predicted molar refractivity (Wildman–Crippen MR) is 62.1 cm³/mol. The molecule has 0 aliphatic carbocycles. The maximum absolute atomic E-state index is 13.4. The molecule has 0 aromatic heterocycles. The van der Waals surface area contributed by atoms with E-state index in [1.807, 2.05) is 6.26 Å². The molecule has 0 heterocycles. The Hall–Kier alpha value is -1.22. The molecular weight excluding hydrogens is 211 g/mol. The zero-order valence-corrected chi connectivity index (χ0v) is 9.36. The molecule has 0 saturated carbocycles. The van der Waals surface area contributed by atoms with Crippen LogP contribution in [0.1, 0.15) is 5.56 Å². The molecule has 0 aliphatic rings. The fourth-order valence-corrected chi connectivity index (χ4v) is 2.44. The van der Waals surface area contributed by atoms with Gasteiger partial charge in [-0.2, -0.15) is 0 Å². The van der Waals surface area contributed by atoms with E-state index in [9.17, 15) is 9.50 Å². The maximum Gasteiger partial charge on any atom is 0.126 e. The van der Waals surface area contributed by atoms with Gasteiger partial charge in [0.05, 0.1) is 0 Å². The molecular formula is C12H11FOS. The highest BCUT2D eigenvalue weighted by Crippen LogP contribution is 2.33. The van der Waals surface area contributed by atoms with Gasteiger partial charge in [-0.1, -0.05) is 6.07 Å². The molecule has 0 amide bonds. The predicted octanol–water partition coefficient (Wildman–Crippen LogP) is 3.71. The molecule has 0 spiro atoms. The van der Waals surface area contributed by atoms with Gasteiger partial charge >= 0.3 is 0 Å². The second-order valence-electron chi connectivity index (χ2n) is 3.42. The van der Waals surface area contributed by atoms with E-state index < -0.39 is 0 Å². The number of halogens is 1. The van der Waals surface area contributed by atoms with E-state index in [-0.39, 0.29) is 11.6 Å². The minimum absolute atomic E-state index is 0.205. The monoisotopic (exact) mass is 222 g/mol. The Morgan fingerprint density at radius 3 is 2.67 bits per heavy atom. The Kier molecular flexibility index (Phi) is 2.57. The van der Waals surface area contributed by atoms with Crippen LogP contribution in [0.25, 0.3) is 10.8 Å². The first-order valence-electron chi connectivity index (χ1n) is 4.59. The van der Waals surface area contributed by atoms with Gasteiger partial charge in [0.25, 0.3) is 0 Å². The summed E-state index contributed by atoms with van der Waals surface area (Å²) >= 11 is 1.51. The second-order valence-corrected chi connectivity index (χ2v) is 4.27. The fraction of sp³-hybridized carbons (Fsp3) is 0.167. The molecule has 0 saturated heterocycles. The van der Waals surface area contributed by atoms with E-state index in [2.05, 4.69) is 0 Å². The summed E-state index contributed by atoms with van der Waals surface area (Å²) in [7, 11) is 0. The maximum atomic E-state index is 13.4. The number of rotatable bonds is 1. The number of benzene rings is 2. The van der Waals surface area contributed by atoms with E-state index in [0.717, 1.165) is 15.7 Å². The van der Waals surface area contributed by atoms with Crippen LogP contribution in [0.3, 0.4) is 0 Å². The summed E-state index contributed by atoms with van der Waals surface area (Å²) in [4.78, 5) is 0.905. The van der Waals surface area contributed by atoms with Gasteiger partial charge < -0.3 is 5.11 Å². The van der Waals surface area contributed by atoms with Gasteiger partial charge in [-0.3, -0.25) is 0 Å². The highest BCUT2D eigenvalue weighted by molar-refractivity contribution is 7.98. The van der Waals surface area contributed by atoms with Crippen LogP contribution in [0, 0.1) is 12.7 Å². The number of aryl methyl sites for hydroxylation is 1. The summed E-state index contributed by atoms with van der Waals surface area (Å²) in [5.74, 6) is 0.0151. The summed E-state index contributed by atoms with van der Waals surface area (Å²) in [5, 5.41) is 11.3. The Labute approximate surface area is 91.9 Å². The van der Waals surface area contributed by atoms with Crippen molar-refractivity contribution in [3.05, 3.63) is 35.6 Å². The fourth-order valence-electron chi connectivity index (χ4n) is 1.72. The zero-order valence-electron chi connectivity index (χ0n) is 8.54. The van der Waals surface area contributed by atoms with Crippen LogP contribution in [0.4, 0.5) is 4.39 Å². The highest BCUT2D eigenvalue weighted by atomic mass is 32.2. The number of hydrogen-bond donors (Lipinski definition) is 1. The minimum atomic E-state index is -0.205. The lowest BCUT2D eigenvalue weighted by Crippen LogP contribution is -1.87. The van der Waals surface area contributed by atoms with Crippen LogP contribution < -0.4 is 0 Å². The topological polar surface area (TPSA) is 20.2 Å². The smallest absolute Gasteiger partial charge is 0.126 e. The van der Waals surface area contributed by atoms with E-state index in [1.54, 1.807) is 25.1 Å². The Morgan fingerprint density at radius 2 is 2.00 bits per heavy atom. The van der Waals surface area contributed by atoms with E-state index in [4.69, 9.17) is 0 Å². The lowest BCUT2D eigenvalue weighted by atomic mass is 10.0. The number of aromatic hydroxyl groups is 1. The molecule has 2 aromatic carbocycles. The Bertz CT molecular complexity index is 523. The summed E-state index contributed by atoms with van der Waals surface area (Å²) in [5.41, 5.74) is 0.636. The van der Waals surface area contributed by atoms with Crippen LogP contribution in [-0.2, 0) is 0 Å². The lowest BCUT2D eigenvalue weighted by Gasteiger charge is -2.08. The third kappa shape index (κ3) is 1.67. The molecule has 2 rings (SSSR count). The van der Waals surface area contributed by atoms with Crippen molar-refractivity contribution < 1.29 is 9.50 Å². The largest absolute Gasteiger partial charge is 0.508 e. The van der Waals surface area contributed by atoms with Gasteiger partial charge in [-0.05, 0) is 42.3 Å². The molecule has 0 radical (unpaired) electrons. The van der Waals surface area contributed by atoms with Gasteiger partial charge in [-0.25, -0.2) is 4.39 Å². The van der Waals surface area contributed by atoms with Gasteiger partial charge in [0.15, 0.2) is 0 Å². The van der Waals surface area contributed by atoms with Crippen molar-refractivity contribution in [2.75, 3.05) is 6.26 Å². The van der Waals surface area contributed by atoms with Crippen molar-refractivity contribution in [1.82, 2.24) is 0 Å². The van der Waals surface area contributed by atoms with Crippen molar-refractivity contribution >= 4 is 22.5 Å². The summed E-state index contributed by atoms with van der Waals surface area (Å²) in [6, 6.07) is 6.44. The molecule has 78 valence electrons. The summed E-state index contributed by atoms with van der Waals surface area (Å²) in [6.45, 7) is 1.76. The minimum Gasteiger partial charge on any atom is -0.508 e. The molecule has 1 N–H and O–H groups in total. The second kappa shape index (κ2) is 3.74. The van der Waals surface area contributed by atoms with Crippen molar-refractivity contribution in [3.63, 3.8) is 0 Å². The first-order chi connectivity index (χ1) is 7.13. The average molecular weight is 222 g/mol. The number of fused-ring (bicyclic) bond motifs is 1. The SMILES string of the molecule is CSc1cc(O)cc2ccc(F)c(C)c12. The van der Waals surface area contributed by atoms with Crippen molar-refractivity contribution in [2.24, 2.45) is 0 Å². The van der Waals surface area contributed by atoms with Crippen LogP contribution in [0.15, 0.2) is 29.2 Å². The van der Waals surface area contributed by atoms with E-state index >= 15 is 0 Å². The molecule has 1 nitrogen and oxygen atoms in total. The normalized spacial score (nSPS) is 10.9. The lowest BCUT2D eigenvalue weighted by molar-refractivity contribution is 0.475. The van der Waals surface area contributed by atoms with E-state index in [0.29, 0.717) is 5.56 Å². The van der Waals surface area contributed by atoms with Crippen molar-refractivity contribution in [3.8, 4) is 5.75 Å². The molecule has 0 fully saturated rings. The van der Waals surface area contributed by atoms with Crippen molar-refractivity contribution in [2.45, 2.75) is 11.8 Å². The quantitative estimate of drug-likeness (QED) is 0.742. The summed E-state index contributed by atoms with van der Waals surface area (Å²) in [6.07, 6.45) is 1.92. The molecule has 0 bridgehead atoms. The third-order valence-corrected chi connectivity index (χ3v) is 3.24. The first-order valence-corrected chi connectivity index (χ1v) is 5.82. The van der Waals surface area contributed by atoms with Crippen LogP contribution in [-0.4, -0.2) is 11.4 Å². The average Bonchev–Trinajstić information content (AvgIpc) is 2.22. The van der Waals surface area contributed by atoms with Crippen LogP contribution in [0.2, 0.25) is 0 Å². The molecule has 0 aliphatic heterocycles. The molecule has 0 atom stereocenters. The van der Waals surface area contributed by atoms with Crippen LogP contribution >= 0.6 is 11.8 Å². The van der Waals surface area contributed by atoms with E-state index in [1.165, 1.54) is 17.8 Å². The van der Waals surface area contributed by atoms with Gasteiger partial charge in [0.2, 0.25) is 0 Å². The molecule has 2 aromatic rings. The van der Waals surface area contributed by atoms with Gasteiger partial charge in [0, 0.05) is 10.3 Å². The summed E-state index contributed by atoms with van der Waals surface area (Å²) < 4.78 is 13.4. The van der Waals surface area contributed by atoms with Crippen LogP contribution in [0.5, 0.6) is 5.75 Å². The van der Waals surface area contributed by atoms with Gasteiger partial charge in [0.1, 0.15) is 11.6 Å². The number of phenolic OH excluding ortho intramolecular Hbond substituents is 1. The standard InChI is InChI=1S/C12H11FOS/c1-7-10(13)4-3-8-5-9(14)6-11(15-2)12(7)8/h3-6,14H,1-2H3. The highest BCUT2D eigenvalue weighted by Gasteiger charge is 2.08. The Morgan fingerprint density at radius 1 is 1.27 bits per heavy atom. The molecule has 0 unspecified atom stereocenters. The van der Waals surface area contributed by atoms with Crippen molar-refractivity contribution in [1.29, 1.82) is 0 Å². The zero-order chi connectivity index (χ0) is 11.0. The molecule has 3 heteroatoms. The molecule has 15 heavy (non-hydrogen) atoms. The number of phenols is 1. The number of thioether (sulfide) groups is 1.